The molecule has 140 valence electrons. The van der Waals surface area contributed by atoms with E-state index in [0.29, 0.717) is 12.2 Å². The van der Waals surface area contributed by atoms with E-state index in [2.05, 4.69) is 15.6 Å². The Labute approximate surface area is 156 Å². The molecule has 26 heavy (non-hydrogen) atoms. The van der Waals surface area contributed by atoms with E-state index in [-0.39, 0.29) is 41.7 Å². The molecule has 0 radical (unpaired) electrons. The number of carbonyl (C=O) groups is 1. The minimum atomic E-state index is -0.482. The number of carbonyl (C=O) groups excluding carboxylic acids is 1. The van der Waals surface area contributed by atoms with Gasteiger partial charge in [0.15, 0.2) is 5.69 Å². The number of nitrogens with zero attached hydrogens (tertiary/aromatic N) is 4. The van der Waals surface area contributed by atoms with Crippen LogP contribution in [0.25, 0.3) is 5.69 Å². The van der Waals surface area contributed by atoms with Crippen LogP contribution in [-0.4, -0.2) is 38.4 Å². The van der Waals surface area contributed by atoms with E-state index in [4.69, 9.17) is 5.73 Å². The summed E-state index contributed by atoms with van der Waals surface area (Å²) in [5.41, 5.74) is 6.38. The van der Waals surface area contributed by atoms with Gasteiger partial charge < -0.3 is 11.1 Å². The Bertz CT molecular complexity index is 781. The van der Waals surface area contributed by atoms with Gasteiger partial charge in [-0.1, -0.05) is 24.1 Å². The Balaban J connectivity index is 0.00000243. The first-order valence-electron chi connectivity index (χ1n) is 8.26. The van der Waals surface area contributed by atoms with Gasteiger partial charge in [-0.2, -0.15) is 0 Å². The molecule has 2 unspecified atom stereocenters. The molecule has 2 aromatic rings. The summed E-state index contributed by atoms with van der Waals surface area (Å²) in [6, 6.07) is 6.04. The van der Waals surface area contributed by atoms with Crippen molar-refractivity contribution in [3.05, 3.63) is 46.3 Å². The summed E-state index contributed by atoms with van der Waals surface area (Å²) in [6.07, 6.45) is 5.60. The van der Waals surface area contributed by atoms with E-state index in [1.165, 1.54) is 23.0 Å². The smallest absolute Gasteiger partial charge is 0.273 e. The van der Waals surface area contributed by atoms with Crippen LogP contribution in [0.3, 0.4) is 0 Å². The normalized spacial score (nSPS) is 19.4. The number of aromatic nitrogens is 3. The molecule has 9 nitrogen and oxygen atoms in total. The molecule has 3 rings (SSSR count). The van der Waals surface area contributed by atoms with Crippen molar-refractivity contribution < 1.29 is 9.72 Å². The van der Waals surface area contributed by atoms with Gasteiger partial charge in [-0.15, -0.1) is 17.5 Å². The van der Waals surface area contributed by atoms with Crippen molar-refractivity contribution in [2.24, 2.45) is 11.7 Å². The minimum absolute atomic E-state index is 0. The van der Waals surface area contributed by atoms with Crippen LogP contribution in [-0.2, 0) is 0 Å². The molecule has 0 saturated heterocycles. The van der Waals surface area contributed by atoms with E-state index in [1.807, 2.05) is 0 Å². The number of non-ortho nitro benzene ring substituents is 1. The van der Waals surface area contributed by atoms with Crippen LogP contribution < -0.4 is 11.1 Å². The van der Waals surface area contributed by atoms with Gasteiger partial charge >= 0.3 is 0 Å². The maximum Gasteiger partial charge on any atom is 0.273 e. The molecular weight excluding hydrogens is 360 g/mol. The highest BCUT2D eigenvalue weighted by Gasteiger charge is 2.26. The Morgan fingerprint density at radius 2 is 2.15 bits per heavy atom. The van der Waals surface area contributed by atoms with E-state index < -0.39 is 4.92 Å². The van der Waals surface area contributed by atoms with Crippen molar-refractivity contribution in [1.82, 2.24) is 20.3 Å². The summed E-state index contributed by atoms with van der Waals surface area (Å²) in [5, 5.41) is 21.6. The van der Waals surface area contributed by atoms with Gasteiger partial charge in [0.2, 0.25) is 0 Å². The third kappa shape index (κ3) is 4.36. The van der Waals surface area contributed by atoms with Crippen LogP contribution in [0.15, 0.2) is 30.5 Å². The minimum Gasteiger partial charge on any atom is -0.348 e. The topological polar surface area (TPSA) is 129 Å². The van der Waals surface area contributed by atoms with Gasteiger partial charge in [-0.3, -0.25) is 14.9 Å². The van der Waals surface area contributed by atoms with Crippen LogP contribution in [0.4, 0.5) is 5.69 Å². The monoisotopic (exact) mass is 380 g/mol. The highest BCUT2D eigenvalue weighted by atomic mass is 35.5. The van der Waals surface area contributed by atoms with Gasteiger partial charge in [0, 0.05) is 18.2 Å². The Kier molecular flexibility index (Phi) is 6.64. The molecule has 1 aliphatic carbocycles. The predicted molar refractivity (Wildman–Crippen MR) is 97.5 cm³/mol. The van der Waals surface area contributed by atoms with E-state index >= 15 is 0 Å². The number of rotatable bonds is 5. The summed E-state index contributed by atoms with van der Waals surface area (Å²) in [5.74, 6) is -0.0217. The maximum atomic E-state index is 12.4. The summed E-state index contributed by atoms with van der Waals surface area (Å²) >= 11 is 0. The lowest BCUT2D eigenvalue weighted by Gasteiger charge is -2.30. The van der Waals surface area contributed by atoms with E-state index in [9.17, 15) is 14.9 Å². The zero-order chi connectivity index (χ0) is 17.8. The average molecular weight is 381 g/mol. The molecule has 0 bridgehead atoms. The standard InChI is InChI=1S/C16H20N6O3.ClH/c17-9-11-4-1-2-7-14(11)18-16(23)15-10-21(20-19-15)12-5-3-6-13(8-12)22(24)25;/h3,5-6,8,10-11,14H,1-2,4,7,9,17H2,(H,18,23);1H. The lowest BCUT2D eigenvalue weighted by Crippen LogP contribution is -2.44. The average Bonchev–Trinajstić information content (AvgIpc) is 3.12. The van der Waals surface area contributed by atoms with E-state index in [0.717, 1.165) is 25.7 Å². The molecule has 10 heteroatoms. The fraction of sp³-hybridized carbons (Fsp3) is 0.438. The lowest BCUT2D eigenvalue weighted by molar-refractivity contribution is -0.384. The maximum absolute atomic E-state index is 12.4. The number of benzene rings is 1. The number of halogens is 1. The summed E-state index contributed by atoms with van der Waals surface area (Å²) in [4.78, 5) is 22.8. The summed E-state index contributed by atoms with van der Waals surface area (Å²) in [6.45, 7) is 0.547. The number of nitro groups is 1. The molecule has 0 aliphatic heterocycles. The second kappa shape index (κ2) is 8.72. The second-order valence-electron chi connectivity index (χ2n) is 6.19. The first-order chi connectivity index (χ1) is 12.1. The molecular formula is C16H21ClN6O3. The number of amides is 1. The highest BCUT2D eigenvalue weighted by molar-refractivity contribution is 5.92. The molecule has 1 amide bonds. The van der Waals surface area contributed by atoms with Crippen LogP contribution >= 0.6 is 12.4 Å². The first-order valence-corrected chi connectivity index (χ1v) is 8.26. The van der Waals surface area contributed by atoms with Gasteiger partial charge in [0.25, 0.3) is 11.6 Å². The number of hydrogen-bond acceptors (Lipinski definition) is 6. The molecule has 3 N–H and O–H groups in total. The predicted octanol–water partition coefficient (Wildman–Crippen LogP) is 1.84. The van der Waals surface area contributed by atoms with Gasteiger partial charge in [-0.25, -0.2) is 4.68 Å². The van der Waals surface area contributed by atoms with Crippen molar-refractivity contribution in [2.75, 3.05) is 6.54 Å². The second-order valence-corrected chi connectivity index (χ2v) is 6.19. The van der Waals surface area contributed by atoms with Crippen molar-refractivity contribution in [3.63, 3.8) is 0 Å². The molecule has 1 saturated carbocycles. The SMILES string of the molecule is Cl.NCC1CCCCC1NC(=O)c1cn(-c2cccc([N+](=O)[O-])c2)nn1. The first kappa shape index (κ1) is 19.8. The van der Waals surface area contributed by atoms with Gasteiger partial charge in [0.05, 0.1) is 16.8 Å². The fourth-order valence-electron chi connectivity index (χ4n) is 3.17. The molecule has 1 aromatic heterocycles. The third-order valence-corrected chi connectivity index (χ3v) is 4.56. The Morgan fingerprint density at radius 1 is 1.38 bits per heavy atom. The quantitative estimate of drug-likeness (QED) is 0.601. The lowest BCUT2D eigenvalue weighted by atomic mass is 9.84. The van der Waals surface area contributed by atoms with Crippen molar-refractivity contribution in [2.45, 2.75) is 31.7 Å². The molecule has 0 spiro atoms. The van der Waals surface area contributed by atoms with Crippen LogP contribution in [0.2, 0.25) is 0 Å². The molecule has 1 fully saturated rings. The highest BCUT2D eigenvalue weighted by Crippen LogP contribution is 2.23. The largest absolute Gasteiger partial charge is 0.348 e. The van der Waals surface area contributed by atoms with Crippen LogP contribution in [0.5, 0.6) is 0 Å². The van der Waals surface area contributed by atoms with E-state index in [1.54, 1.807) is 12.1 Å². The van der Waals surface area contributed by atoms with Gasteiger partial charge in [0.1, 0.15) is 0 Å². The molecule has 2 atom stereocenters. The van der Waals surface area contributed by atoms with Crippen molar-refractivity contribution in [1.29, 1.82) is 0 Å². The zero-order valence-electron chi connectivity index (χ0n) is 14.1. The fourth-order valence-corrected chi connectivity index (χ4v) is 3.17. The molecule has 1 aliphatic rings. The van der Waals surface area contributed by atoms with Crippen molar-refractivity contribution in [3.8, 4) is 5.69 Å². The molecule has 1 heterocycles. The number of nitrogens with one attached hydrogen (secondary N) is 1. The number of hydrogen-bond donors (Lipinski definition) is 2. The van der Waals surface area contributed by atoms with Crippen LogP contribution in [0, 0.1) is 16.0 Å². The summed E-state index contributed by atoms with van der Waals surface area (Å²) < 4.78 is 1.35. The number of nitro benzene ring substituents is 1. The summed E-state index contributed by atoms with van der Waals surface area (Å²) in [7, 11) is 0. The van der Waals surface area contributed by atoms with Crippen LogP contribution in [0.1, 0.15) is 36.2 Å². The third-order valence-electron chi connectivity index (χ3n) is 4.56. The number of nitrogens with two attached hydrogens (primary N) is 1. The Morgan fingerprint density at radius 3 is 2.88 bits per heavy atom. The Hall–Kier alpha value is -2.52. The zero-order valence-corrected chi connectivity index (χ0v) is 14.9. The van der Waals surface area contributed by atoms with Gasteiger partial charge in [-0.05, 0) is 31.4 Å². The molecule has 1 aromatic carbocycles. The van der Waals surface area contributed by atoms with Crippen molar-refractivity contribution >= 4 is 24.0 Å².